The first-order valence-corrected chi connectivity index (χ1v) is 7.90. The Kier molecular flexibility index (Phi) is 6.53. The van der Waals surface area contributed by atoms with Crippen molar-refractivity contribution in [1.82, 2.24) is 5.32 Å². The van der Waals surface area contributed by atoms with Crippen molar-refractivity contribution < 1.29 is 28.6 Å². The van der Waals surface area contributed by atoms with Crippen molar-refractivity contribution in [2.75, 3.05) is 20.3 Å². The van der Waals surface area contributed by atoms with Crippen molar-refractivity contribution in [2.24, 2.45) is 5.92 Å². The van der Waals surface area contributed by atoms with Crippen LogP contribution < -0.4 is 5.32 Å². The zero-order chi connectivity index (χ0) is 17.7. The number of rotatable bonds is 7. The van der Waals surface area contributed by atoms with Crippen LogP contribution in [0.3, 0.4) is 0 Å². The molecule has 8 heteroatoms. The van der Waals surface area contributed by atoms with Crippen LogP contribution in [0.5, 0.6) is 0 Å². The molecule has 0 aromatic heterocycles. The maximum Gasteiger partial charge on any atom is 0.326 e. The number of aliphatic carboxylic acids is 1. The maximum atomic E-state index is 13.6. The van der Waals surface area contributed by atoms with Crippen LogP contribution in [0.4, 0.5) is 4.39 Å². The molecule has 6 nitrogen and oxygen atoms in total. The van der Waals surface area contributed by atoms with E-state index in [1.807, 2.05) is 0 Å². The van der Waals surface area contributed by atoms with Crippen LogP contribution in [0.25, 0.3) is 0 Å². The SMILES string of the molecule is COCCC(NC(=O)[C@@H]1CCO[C@H]1c1ccc(Cl)c(F)c1)C(=O)O. The number of hydrogen-bond acceptors (Lipinski definition) is 4. The van der Waals surface area contributed by atoms with E-state index in [4.69, 9.17) is 21.1 Å². The standard InChI is InChI=1S/C16H19ClFNO5/c1-23-6-5-13(16(21)22)19-15(20)10-4-7-24-14(10)9-2-3-11(17)12(18)8-9/h2-3,8,10,13-14H,4-7H2,1H3,(H,19,20)(H,21,22)/t10-,13?,14+/m1/s1. The molecule has 1 aliphatic rings. The van der Waals surface area contributed by atoms with Gasteiger partial charge in [0.15, 0.2) is 0 Å². The van der Waals surface area contributed by atoms with E-state index in [-0.39, 0.29) is 18.1 Å². The molecular weight excluding hydrogens is 341 g/mol. The van der Waals surface area contributed by atoms with E-state index in [2.05, 4.69) is 5.32 Å². The van der Waals surface area contributed by atoms with Gasteiger partial charge >= 0.3 is 5.97 Å². The van der Waals surface area contributed by atoms with Crippen molar-refractivity contribution in [3.8, 4) is 0 Å². The highest BCUT2D eigenvalue weighted by atomic mass is 35.5. The fraction of sp³-hybridized carbons (Fsp3) is 0.500. The van der Waals surface area contributed by atoms with E-state index in [1.54, 1.807) is 6.07 Å². The number of hydrogen-bond donors (Lipinski definition) is 2. The van der Waals surface area contributed by atoms with Gasteiger partial charge in [-0.3, -0.25) is 4.79 Å². The first-order valence-electron chi connectivity index (χ1n) is 7.52. The van der Waals surface area contributed by atoms with Crippen LogP contribution in [0.15, 0.2) is 18.2 Å². The van der Waals surface area contributed by atoms with Gasteiger partial charge < -0.3 is 19.9 Å². The number of carbonyl (C=O) groups is 2. The van der Waals surface area contributed by atoms with Gasteiger partial charge in [-0.25, -0.2) is 9.18 Å². The summed E-state index contributed by atoms with van der Waals surface area (Å²) in [7, 11) is 1.46. The minimum absolute atomic E-state index is 0.0109. The topological polar surface area (TPSA) is 84.9 Å². The van der Waals surface area contributed by atoms with Crippen LogP contribution in [0, 0.1) is 11.7 Å². The van der Waals surface area contributed by atoms with Crippen LogP contribution >= 0.6 is 11.6 Å². The summed E-state index contributed by atoms with van der Waals surface area (Å²) in [6, 6.07) is 3.20. The van der Waals surface area contributed by atoms with E-state index in [0.29, 0.717) is 18.6 Å². The highest BCUT2D eigenvalue weighted by molar-refractivity contribution is 6.30. The molecule has 0 bridgehead atoms. The number of carboxylic acid groups (broad SMARTS) is 1. The molecule has 1 aromatic carbocycles. The second-order valence-electron chi connectivity index (χ2n) is 5.54. The lowest BCUT2D eigenvalue weighted by atomic mass is 9.94. The first kappa shape index (κ1) is 18.6. The molecule has 3 atom stereocenters. The summed E-state index contributed by atoms with van der Waals surface area (Å²) < 4.78 is 24.0. The monoisotopic (exact) mass is 359 g/mol. The van der Waals surface area contributed by atoms with E-state index < -0.39 is 35.8 Å². The molecule has 1 unspecified atom stereocenters. The van der Waals surface area contributed by atoms with E-state index in [1.165, 1.54) is 19.2 Å². The Morgan fingerprint density at radius 3 is 2.92 bits per heavy atom. The van der Waals surface area contributed by atoms with Gasteiger partial charge in [0.25, 0.3) is 0 Å². The summed E-state index contributed by atoms with van der Waals surface area (Å²) in [5, 5.41) is 11.7. The van der Waals surface area contributed by atoms with Gasteiger partial charge in [-0.1, -0.05) is 17.7 Å². The van der Waals surface area contributed by atoms with Crippen LogP contribution in [0.2, 0.25) is 5.02 Å². The zero-order valence-corrected chi connectivity index (χ0v) is 13.9. The number of ether oxygens (including phenoxy) is 2. The average Bonchev–Trinajstić information content (AvgIpc) is 3.03. The van der Waals surface area contributed by atoms with Crippen LogP contribution in [-0.4, -0.2) is 43.3 Å². The van der Waals surface area contributed by atoms with Gasteiger partial charge in [0.1, 0.15) is 11.9 Å². The third-order valence-corrected chi connectivity index (χ3v) is 4.23. The smallest absolute Gasteiger partial charge is 0.326 e. The third kappa shape index (κ3) is 4.43. The molecule has 1 heterocycles. The normalized spacial score (nSPS) is 21.5. The predicted molar refractivity (Wildman–Crippen MR) is 84.3 cm³/mol. The van der Waals surface area contributed by atoms with Gasteiger partial charge in [-0.05, 0) is 24.1 Å². The van der Waals surface area contributed by atoms with E-state index in [9.17, 15) is 19.1 Å². The Bertz CT molecular complexity index is 612. The van der Waals surface area contributed by atoms with Gasteiger partial charge in [0.05, 0.1) is 17.0 Å². The molecule has 1 amide bonds. The molecule has 1 fully saturated rings. The van der Waals surface area contributed by atoms with Gasteiger partial charge in [0, 0.05) is 26.7 Å². The summed E-state index contributed by atoms with van der Waals surface area (Å²) in [5.74, 6) is -2.74. The fourth-order valence-electron chi connectivity index (χ4n) is 2.65. The molecule has 1 aromatic rings. The second kappa shape index (κ2) is 8.41. The summed E-state index contributed by atoms with van der Waals surface area (Å²) in [6.07, 6.45) is -0.0448. The maximum absolute atomic E-state index is 13.6. The van der Waals surface area contributed by atoms with Crippen LogP contribution in [-0.2, 0) is 19.1 Å². The van der Waals surface area contributed by atoms with Gasteiger partial charge in [0.2, 0.25) is 5.91 Å². The first-order chi connectivity index (χ1) is 11.4. The summed E-state index contributed by atoms with van der Waals surface area (Å²) in [5.41, 5.74) is 0.498. The van der Waals surface area contributed by atoms with E-state index in [0.717, 1.165) is 0 Å². The lowest BCUT2D eigenvalue weighted by Gasteiger charge is -2.21. The number of methoxy groups -OCH3 is 1. The molecule has 1 saturated heterocycles. The van der Waals surface area contributed by atoms with Gasteiger partial charge in [-0.2, -0.15) is 0 Å². The Morgan fingerprint density at radius 2 is 2.29 bits per heavy atom. The number of nitrogens with one attached hydrogen (secondary N) is 1. The molecular formula is C16H19ClFNO5. The Labute approximate surface area is 143 Å². The largest absolute Gasteiger partial charge is 0.480 e. The van der Waals surface area contributed by atoms with Crippen LogP contribution in [0.1, 0.15) is 24.5 Å². The Morgan fingerprint density at radius 1 is 1.54 bits per heavy atom. The van der Waals surface area contributed by atoms with Crippen molar-refractivity contribution in [3.63, 3.8) is 0 Å². The lowest BCUT2D eigenvalue weighted by molar-refractivity contribution is -0.143. The highest BCUT2D eigenvalue weighted by Gasteiger charge is 2.37. The minimum atomic E-state index is -1.13. The number of benzene rings is 1. The molecule has 1 aliphatic heterocycles. The van der Waals surface area contributed by atoms with Crippen molar-refractivity contribution in [2.45, 2.75) is 25.0 Å². The lowest BCUT2D eigenvalue weighted by Crippen LogP contribution is -2.44. The third-order valence-electron chi connectivity index (χ3n) is 3.93. The molecule has 2 rings (SSSR count). The number of carbonyl (C=O) groups excluding carboxylic acids is 1. The van der Waals surface area contributed by atoms with Gasteiger partial charge in [-0.15, -0.1) is 0 Å². The Hall–Kier alpha value is -1.70. The molecule has 24 heavy (non-hydrogen) atoms. The van der Waals surface area contributed by atoms with Crippen molar-refractivity contribution >= 4 is 23.5 Å². The summed E-state index contributed by atoms with van der Waals surface area (Å²) >= 11 is 5.67. The molecule has 0 spiro atoms. The minimum Gasteiger partial charge on any atom is -0.480 e. The summed E-state index contributed by atoms with van der Waals surface area (Å²) in [6.45, 7) is 0.549. The highest BCUT2D eigenvalue weighted by Crippen LogP contribution is 2.35. The quantitative estimate of drug-likeness (QED) is 0.779. The van der Waals surface area contributed by atoms with E-state index >= 15 is 0 Å². The summed E-state index contributed by atoms with van der Waals surface area (Å²) in [4.78, 5) is 23.7. The molecule has 0 saturated carbocycles. The van der Waals surface area contributed by atoms with Crippen molar-refractivity contribution in [1.29, 1.82) is 0 Å². The average molecular weight is 360 g/mol. The number of halogens is 2. The molecule has 0 aliphatic carbocycles. The van der Waals surface area contributed by atoms with Crippen molar-refractivity contribution in [3.05, 3.63) is 34.6 Å². The Balaban J connectivity index is 2.09. The second-order valence-corrected chi connectivity index (χ2v) is 5.95. The molecule has 132 valence electrons. The fourth-order valence-corrected chi connectivity index (χ4v) is 2.77. The molecule has 2 N–H and O–H groups in total. The number of amides is 1. The predicted octanol–water partition coefficient (Wildman–Crippen LogP) is 2.16. The zero-order valence-electron chi connectivity index (χ0n) is 13.1. The molecule has 0 radical (unpaired) electrons. The number of carboxylic acids is 1.